The zero-order chi connectivity index (χ0) is 12.2. The van der Waals surface area contributed by atoms with Gasteiger partial charge in [0.2, 0.25) is 0 Å². The van der Waals surface area contributed by atoms with Crippen molar-refractivity contribution in [2.75, 3.05) is 13.1 Å². The second-order valence-electron chi connectivity index (χ2n) is 4.48. The third kappa shape index (κ3) is 3.25. The summed E-state index contributed by atoms with van der Waals surface area (Å²) in [5, 5.41) is 12.3. The van der Waals surface area contributed by atoms with E-state index in [-0.39, 0.29) is 6.42 Å². The van der Waals surface area contributed by atoms with Gasteiger partial charge in [0.1, 0.15) is 5.70 Å². The zero-order valence-electron chi connectivity index (χ0n) is 10.1. The van der Waals surface area contributed by atoms with E-state index in [1.54, 1.807) is 13.8 Å². The predicted molar refractivity (Wildman–Crippen MR) is 60.8 cm³/mol. The monoisotopic (exact) mass is 233 g/mol. The largest absolute Gasteiger partial charge is 0.628 e. The molecule has 0 aliphatic heterocycles. The number of quaternary nitrogens is 1. The van der Waals surface area contributed by atoms with Crippen molar-refractivity contribution in [2.45, 2.75) is 51.9 Å². The molecule has 0 saturated heterocycles. The molecule has 0 heterocycles. The molecule has 0 atom stereocenters. The van der Waals surface area contributed by atoms with Crippen LogP contribution in [0.15, 0.2) is 11.8 Å². The summed E-state index contributed by atoms with van der Waals surface area (Å²) in [4.78, 5) is 0. The number of rotatable bonds is 3. The van der Waals surface area contributed by atoms with Crippen LogP contribution in [0, 0.1) is 5.21 Å². The molecule has 2 nitrogen and oxygen atoms in total. The van der Waals surface area contributed by atoms with Crippen LogP contribution in [0.2, 0.25) is 0 Å². The Labute approximate surface area is 96.1 Å². The topological polar surface area (TPSA) is 23.1 Å². The van der Waals surface area contributed by atoms with Gasteiger partial charge in [0.05, 0.1) is 13.1 Å². The van der Waals surface area contributed by atoms with Crippen LogP contribution in [0.1, 0.15) is 46.0 Å². The van der Waals surface area contributed by atoms with Crippen molar-refractivity contribution in [3.63, 3.8) is 0 Å². The minimum atomic E-state index is -2.80. The van der Waals surface area contributed by atoms with Crippen molar-refractivity contribution in [3.05, 3.63) is 17.0 Å². The van der Waals surface area contributed by atoms with Crippen LogP contribution < -0.4 is 0 Å². The second-order valence-corrected chi connectivity index (χ2v) is 4.48. The second kappa shape index (κ2) is 5.23. The van der Waals surface area contributed by atoms with Gasteiger partial charge >= 0.3 is 0 Å². The van der Waals surface area contributed by atoms with Gasteiger partial charge in [0.25, 0.3) is 5.92 Å². The average Bonchev–Trinajstić information content (AvgIpc) is 2.23. The van der Waals surface area contributed by atoms with Crippen LogP contribution in [0.25, 0.3) is 0 Å². The molecule has 4 heteroatoms. The Morgan fingerprint density at radius 1 is 1.25 bits per heavy atom. The van der Waals surface area contributed by atoms with Crippen LogP contribution in [-0.2, 0) is 0 Å². The maximum absolute atomic E-state index is 13.5. The highest BCUT2D eigenvalue weighted by atomic mass is 19.3. The van der Waals surface area contributed by atoms with E-state index in [4.69, 9.17) is 0 Å². The zero-order valence-corrected chi connectivity index (χ0v) is 10.1. The third-order valence-electron chi connectivity index (χ3n) is 3.37. The molecule has 0 N–H and O–H groups in total. The normalized spacial score (nSPS) is 22.2. The average molecular weight is 233 g/mol. The summed E-state index contributed by atoms with van der Waals surface area (Å²) in [7, 11) is 0. The standard InChI is InChI=1S/C12H21F2NO/c1-3-15(16,4-2)11-8-6-5-7-9-12(13,14)10-11/h10H,3-9H2,1-2H3. The fourth-order valence-electron chi connectivity index (χ4n) is 2.18. The van der Waals surface area contributed by atoms with Crippen molar-refractivity contribution in [1.82, 2.24) is 0 Å². The molecule has 0 radical (unpaired) electrons. The summed E-state index contributed by atoms with van der Waals surface area (Å²) in [6.45, 7) is 4.18. The quantitative estimate of drug-likeness (QED) is 0.536. The van der Waals surface area contributed by atoms with Crippen molar-refractivity contribution >= 4 is 0 Å². The van der Waals surface area contributed by atoms with Crippen molar-refractivity contribution in [1.29, 1.82) is 0 Å². The molecule has 94 valence electrons. The van der Waals surface area contributed by atoms with E-state index in [2.05, 4.69) is 0 Å². The fraction of sp³-hybridized carbons (Fsp3) is 0.833. The lowest BCUT2D eigenvalue weighted by Gasteiger charge is -2.43. The van der Waals surface area contributed by atoms with Crippen LogP contribution in [0.4, 0.5) is 8.78 Å². The van der Waals surface area contributed by atoms with Gasteiger partial charge in [-0.25, -0.2) is 8.78 Å². The van der Waals surface area contributed by atoms with E-state index >= 15 is 0 Å². The van der Waals surface area contributed by atoms with E-state index in [0.29, 0.717) is 31.6 Å². The molecule has 0 aromatic rings. The summed E-state index contributed by atoms with van der Waals surface area (Å²) in [5.41, 5.74) is 0.370. The van der Waals surface area contributed by atoms with E-state index in [1.807, 2.05) is 0 Å². The summed E-state index contributed by atoms with van der Waals surface area (Å²) in [6.07, 6.45) is 3.52. The van der Waals surface area contributed by atoms with Gasteiger partial charge in [-0.3, -0.25) is 0 Å². The molecule has 16 heavy (non-hydrogen) atoms. The van der Waals surface area contributed by atoms with E-state index < -0.39 is 10.6 Å². The number of hydrogen-bond donors (Lipinski definition) is 0. The van der Waals surface area contributed by atoms with Crippen LogP contribution in [-0.4, -0.2) is 23.7 Å². The summed E-state index contributed by atoms with van der Waals surface area (Å²) >= 11 is 0. The molecular formula is C12H21F2NO. The van der Waals surface area contributed by atoms with E-state index in [9.17, 15) is 14.0 Å². The van der Waals surface area contributed by atoms with Crippen molar-refractivity contribution in [3.8, 4) is 0 Å². The molecule has 0 saturated carbocycles. The van der Waals surface area contributed by atoms with Crippen molar-refractivity contribution < 1.29 is 13.4 Å². The first-order valence-corrected chi connectivity index (χ1v) is 6.12. The van der Waals surface area contributed by atoms with Gasteiger partial charge in [-0.15, -0.1) is 0 Å². The highest BCUT2D eigenvalue weighted by molar-refractivity contribution is 5.04. The third-order valence-corrected chi connectivity index (χ3v) is 3.37. The molecule has 0 aromatic heterocycles. The maximum atomic E-state index is 13.5. The Morgan fingerprint density at radius 2 is 1.88 bits per heavy atom. The summed E-state index contributed by atoms with van der Waals surface area (Å²) < 4.78 is 26.4. The first-order chi connectivity index (χ1) is 7.43. The van der Waals surface area contributed by atoms with Crippen LogP contribution >= 0.6 is 0 Å². The Kier molecular flexibility index (Phi) is 4.44. The van der Waals surface area contributed by atoms with E-state index in [1.165, 1.54) is 0 Å². The minimum absolute atomic E-state index is 0.121. The molecule has 0 spiro atoms. The van der Waals surface area contributed by atoms with Gasteiger partial charge in [-0.05, 0) is 26.7 Å². The maximum Gasteiger partial charge on any atom is 0.272 e. The Bertz CT molecular complexity index is 260. The SMILES string of the molecule is CC[N+]([O-])(CC)C1=CC(F)(F)CCCCC1. The molecule has 1 aliphatic carbocycles. The molecule has 0 unspecified atom stereocenters. The first-order valence-electron chi connectivity index (χ1n) is 6.12. The minimum Gasteiger partial charge on any atom is -0.628 e. The van der Waals surface area contributed by atoms with Gasteiger partial charge in [-0.1, -0.05) is 6.42 Å². The first kappa shape index (κ1) is 13.6. The number of alkyl halides is 2. The number of allylic oxidation sites excluding steroid dienone is 2. The highest BCUT2D eigenvalue weighted by Crippen LogP contribution is 2.32. The van der Waals surface area contributed by atoms with Crippen molar-refractivity contribution in [2.24, 2.45) is 0 Å². The lowest BCUT2D eigenvalue weighted by molar-refractivity contribution is -0.840. The lowest BCUT2D eigenvalue weighted by Crippen LogP contribution is -2.41. The predicted octanol–water partition coefficient (Wildman–Crippen LogP) is 3.82. The lowest BCUT2D eigenvalue weighted by atomic mass is 10.0. The molecule has 1 aliphatic rings. The summed E-state index contributed by atoms with van der Waals surface area (Å²) in [5.74, 6) is -2.80. The Balaban J connectivity index is 2.97. The van der Waals surface area contributed by atoms with Gasteiger partial charge in [0.15, 0.2) is 0 Å². The smallest absolute Gasteiger partial charge is 0.272 e. The Morgan fingerprint density at radius 3 is 2.44 bits per heavy atom. The molecule has 0 aromatic carbocycles. The highest BCUT2D eigenvalue weighted by Gasteiger charge is 2.32. The molecule has 0 fully saturated rings. The molecule has 0 bridgehead atoms. The number of nitrogens with zero attached hydrogens (tertiary/aromatic N) is 1. The number of halogens is 2. The molecule has 1 rings (SSSR count). The van der Waals surface area contributed by atoms with Crippen LogP contribution in [0.5, 0.6) is 0 Å². The number of hydrogen-bond acceptors (Lipinski definition) is 1. The van der Waals surface area contributed by atoms with E-state index in [0.717, 1.165) is 18.9 Å². The fourth-order valence-corrected chi connectivity index (χ4v) is 2.18. The molecule has 0 amide bonds. The van der Waals surface area contributed by atoms with Gasteiger partial charge in [0, 0.05) is 18.9 Å². The Hall–Kier alpha value is -0.480. The van der Waals surface area contributed by atoms with Gasteiger partial charge < -0.3 is 9.85 Å². The van der Waals surface area contributed by atoms with Gasteiger partial charge in [-0.2, -0.15) is 0 Å². The van der Waals surface area contributed by atoms with Crippen LogP contribution in [0.3, 0.4) is 0 Å². The summed E-state index contributed by atoms with van der Waals surface area (Å²) in [6, 6.07) is 0. The number of hydroxylamine groups is 3. The molecular weight excluding hydrogens is 212 g/mol.